The molecule has 146 valence electrons. The Hall–Kier alpha value is -2.97. The number of urea groups is 1. The van der Waals surface area contributed by atoms with Crippen LogP contribution in [0, 0.1) is 13.8 Å². The summed E-state index contributed by atoms with van der Waals surface area (Å²) in [6, 6.07) is -0.672. The molecule has 1 atom stereocenters. The number of hydrogen-bond donors (Lipinski definition) is 2. The van der Waals surface area contributed by atoms with Gasteiger partial charge in [0.05, 0.1) is 5.69 Å². The molecule has 1 aliphatic heterocycles. The van der Waals surface area contributed by atoms with Gasteiger partial charge in [0, 0.05) is 11.3 Å². The fourth-order valence-electron chi connectivity index (χ4n) is 3.08. The second-order valence-corrected chi connectivity index (χ2v) is 6.77. The second kappa shape index (κ2) is 7.34. The Morgan fingerprint density at radius 2 is 1.81 bits per heavy atom. The topological polar surface area (TPSA) is 126 Å². The zero-order valence-electron chi connectivity index (χ0n) is 16.0. The summed E-state index contributed by atoms with van der Waals surface area (Å²) in [6.45, 7) is 6.89. The van der Waals surface area contributed by atoms with Gasteiger partial charge in [-0.1, -0.05) is 6.92 Å². The zero-order valence-corrected chi connectivity index (χ0v) is 16.0. The molecule has 1 fully saturated rings. The van der Waals surface area contributed by atoms with Crippen LogP contribution in [-0.2, 0) is 14.3 Å². The first-order valence-corrected chi connectivity index (χ1v) is 8.54. The van der Waals surface area contributed by atoms with Crippen LogP contribution >= 0.6 is 0 Å². The largest absolute Gasteiger partial charge is 0.456 e. The number of aromatic nitrogens is 1. The number of nitrogens with one attached hydrogen (secondary N) is 2. The van der Waals surface area contributed by atoms with Gasteiger partial charge in [0.25, 0.3) is 5.91 Å². The highest BCUT2D eigenvalue weighted by molar-refractivity contribution is 6.08. The number of imide groups is 1. The van der Waals surface area contributed by atoms with Crippen molar-refractivity contribution in [3.63, 3.8) is 0 Å². The molecule has 27 heavy (non-hydrogen) atoms. The standard InChI is InChI=1S/C18H23N3O6/c1-6-18(5)16(25)21(17(26)20-18)7-13(24)27-8-12(23)15-9(2)14(11(4)22)10(3)19-15/h19H,6-8H2,1-5H3,(H,20,26)/t18-/m0/s1. The molecule has 0 radical (unpaired) electrons. The summed E-state index contributed by atoms with van der Waals surface area (Å²) in [5.41, 5.74) is 0.637. The van der Waals surface area contributed by atoms with Gasteiger partial charge in [0.2, 0.25) is 5.78 Å². The maximum absolute atomic E-state index is 12.3. The molecule has 9 nitrogen and oxygen atoms in total. The predicted octanol–water partition coefficient (Wildman–Crippen LogP) is 1.28. The van der Waals surface area contributed by atoms with Crippen molar-refractivity contribution in [2.75, 3.05) is 13.2 Å². The third-order valence-electron chi connectivity index (χ3n) is 4.77. The molecular weight excluding hydrogens is 354 g/mol. The van der Waals surface area contributed by atoms with Crippen molar-refractivity contribution in [3.8, 4) is 0 Å². The van der Waals surface area contributed by atoms with Gasteiger partial charge >= 0.3 is 12.0 Å². The number of aromatic amines is 1. The first-order valence-electron chi connectivity index (χ1n) is 8.54. The second-order valence-electron chi connectivity index (χ2n) is 6.77. The minimum atomic E-state index is -1.05. The fraction of sp³-hybridized carbons (Fsp3) is 0.500. The Balaban J connectivity index is 1.99. The van der Waals surface area contributed by atoms with E-state index in [-0.39, 0.29) is 11.5 Å². The lowest BCUT2D eigenvalue weighted by molar-refractivity contribution is -0.146. The number of Topliss-reactive ketones (excluding diaryl/α,β-unsaturated/α-hetero) is 2. The number of H-pyrrole nitrogens is 1. The van der Waals surface area contributed by atoms with Gasteiger partial charge in [-0.25, -0.2) is 4.79 Å². The van der Waals surface area contributed by atoms with E-state index in [0.29, 0.717) is 23.2 Å². The van der Waals surface area contributed by atoms with E-state index < -0.39 is 42.4 Å². The quantitative estimate of drug-likeness (QED) is 0.419. The molecule has 1 saturated heterocycles. The summed E-state index contributed by atoms with van der Waals surface area (Å²) in [7, 11) is 0. The Kier molecular flexibility index (Phi) is 5.53. The molecule has 1 aromatic rings. The summed E-state index contributed by atoms with van der Waals surface area (Å²) >= 11 is 0. The van der Waals surface area contributed by atoms with Crippen molar-refractivity contribution in [3.05, 3.63) is 22.5 Å². The number of ether oxygens (including phenoxy) is 1. The van der Waals surface area contributed by atoms with Crippen molar-refractivity contribution in [1.82, 2.24) is 15.2 Å². The van der Waals surface area contributed by atoms with E-state index in [1.807, 2.05) is 0 Å². The third kappa shape index (κ3) is 3.76. The normalized spacial score (nSPS) is 19.2. The van der Waals surface area contributed by atoms with E-state index in [2.05, 4.69) is 10.3 Å². The minimum Gasteiger partial charge on any atom is -0.456 e. The SMILES string of the molecule is CC[C@]1(C)NC(=O)N(CC(=O)OCC(=O)c2[nH]c(C)c(C(C)=O)c2C)C1=O. The lowest BCUT2D eigenvalue weighted by Crippen LogP contribution is -2.43. The minimum absolute atomic E-state index is 0.171. The van der Waals surface area contributed by atoms with Crippen LogP contribution in [0.25, 0.3) is 0 Å². The number of carbonyl (C=O) groups is 5. The molecular formula is C18H23N3O6. The molecule has 0 aromatic carbocycles. The molecule has 1 aliphatic rings. The van der Waals surface area contributed by atoms with Gasteiger partial charge in [-0.2, -0.15) is 0 Å². The summed E-state index contributed by atoms with van der Waals surface area (Å²) in [4.78, 5) is 63.6. The van der Waals surface area contributed by atoms with Crippen molar-refractivity contribution >= 4 is 29.5 Å². The van der Waals surface area contributed by atoms with E-state index in [1.165, 1.54) is 6.92 Å². The third-order valence-corrected chi connectivity index (χ3v) is 4.77. The summed E-state index contributed by atoms with van der Waals surface area (Å²) in [5, 5.41) is 2.53. The number of rotatable bonds is 7. The Morgan fingerprint density at radius 1 is 1.19 bits per heavy atom. The van der Waals surface area contributed by atoms with Gasteiger partial charge in [-0.3, -0.25) is 24.1 Å². The van der Waals surface area contributed by atoms with Gasteiger partial charge < -0.3 is 15.0 Å². The fourth-order valence-corrected chi connectivity index (χ4v) is 3.08. The van der Waals surface area contributed by atoms with Crippen molar-refractivity contribution in [2.45, 2.75) is 46.6 Å². The van der Waals surface area contributed by atoms with E-state index in [9.17, 15) is 24.0 Å². The van der Waals surface area contributed by atoms with Crippen molar-refractivity contribution in [2.24, 2.45) is 0 Å². The van der Waals surface area contributed by atoms with Crippen LogP contribution in [0.4, 0.5) is 4.79 Å². The molecule has 1 aromatic heterocycles. The Labute approximate surface area is 156 Å². The predicted molar refractivity (Wildman–Crippen MR) is 94.5 cm³/mol. The lowest BCUT2D eigenvalue weighted by atomic mass is 9.99. The molecule has 0 saturated carbocycles. The van der Waals surface area contributed by atoms with Crippen molar-refractivity contribution < 1.29 is 28.7 Å². The Bertz CT molecular complexity index is 840. The number of carbonyl (C=O) groups excluding carboxylic acids is 5. The smallest absolute Gasteiger partial charge is 0.326 e. The molecule has 3 amide bonds. The maximum atomic E-state index is 12.3. The van der Waals surface area contributed by atoms with Crippen LogP contribution in [0.5, 0.6) is 0 Å². The summed E-state index contributed by atoms with van der Waals surface area (Å²) < 4.78 is 4.92. The number of esters is 1. The zero-order chi connectivity index (χ0) is 20.5. The van der Waals surface area contributed by atoms with Crippen LogP contribution in [0.2, 0.25) is 0 Å². The Morgan fingerprint density at radius 3 is 2.30 bits per heavy atom. The van der Waals surface area contributed by atoms with Crippen LogP contribution in [-0.4, -0.2) is 58.0 Å². The maximum Gasteiger partial charge on any atom is 0.326 e. The number of ketones is 2. The molecule has 2 heterocycles. The highest BCUT2D eigenvalue weighted by Crippen LogP contribution is 2.21. The highest BCUT2D eigenvalue weighted by Gasteiger charge is 2.47. The highest BCUT2D eigenvalue weighted by atomic mass is 16.5. The van der Waals surface area contributed by atoms with Crippen LogP contribution in [0.15, 0.2) is 0 Å². The number of hydrogen-bond acceptors (Lipinski definition) is 6. The first-order chi connectivity index (χ1) is 12.5. The summed E-state index contributed by atoms with van der Waals surface area (Å²) in [5.74, 6) is -2.07. The molecule has 2 rings (SSSR count). The molecule has 2 N–H and O–H groups in total. The monoisotopic (exact) mass is 377 g/mol. The van der Waals surface area contributed by atoms with E-state index in [1.54, 1.807) is 27.7 Å². The average Bonchev–Trinajstić information content (AvgIpc) is 3.01. The average molecular weight is 377 g/mol. The molecule has 0 aliphatic carbocycles. The lowest BCUT2D eigenvalue weighted by Gasteiger charge is -2.18. The van der Waals surface area contributed by atoms with E-state index in [0.717, 1.165) is 4.90 Å². The first kappa shape index (κ1) is 20.3. The molecule has 0 spiro atoms. The number of amides is 3. The van der Waals surface area contributed by atoms with Crippen LogP contribution in [0.1, 0.15) is 59.3 Å². The summed E-state index contributed by atoms with van der Waals surface area (Å²) in [6.07, 6.45) is 0.380. The van der Waals surface area contributed by atoms with Crippen LogP contribution in [0.3, 0.4) is 0 Å². The van der Waals surface area contributed by atoms with E-state index in [4.69, 9.17) is 4.74 Å². The van der Waals surface area contributed by atoms with Gasteiger partial charge in [-0.05, 0) is 39.7 Å². The number of aryl methyl sites for hydroxylation is 1. The van der Waals surface area contributed by atoms with Gasteiger partial charge in [0.1, 0.15) is 12.1 Å². The van der Waals surface area contributed by atoms with E-state index >= 15 is 0 Å². The molecule has 0 bridgehead atoms. The number of nitrogens with zero attached hydrogens (tertiary/aromatic N) is 1. The van der Waals surface area contributed by atoms with Gasteiger partial charge in [-0.15, -0.1) is 0 Å². The van der Waals surface area contributed by atoms with Crippen molar-refractivity contribution in [1.29, 1.82) is 0 Å². The van der Waals surface area contributed by atoms with Gasteiger partial charge in [0.15, 0.2) is 12.4 Å². The van der Waals surface area contributed by atoms with Crippen LogP contribution < -0.4 is 5.32 Å². The molecule has 0 unspecified atom stereocenters. The molecule has 9 heteroatoms.